The highest BCUT2D eigenvalue weighted by atomic mass is 32.2. The van der Waals surface area contributed by atoms with Gasteiger partial charge in [-0.3, -0.25) is 0 Å². The maximum Gasteiger partial charge on any atom is 0.240 e. The van der Waals surface area contributed by atoms with E-state index >= 15 is 0 Å². The lowest BCUT2D eigenvalue weighted by atomic mass is 10.2. The van der Waals surface area contributed by atoms with E-state index in [-0.39, 0.29) is 6.54 Å². The molecule has 25 heavy (non-hydrogen) atoms. The lowest BCUT2D eigenvalue weighted by Gasteiger charge is -2.08. The minimum Gasteiger partial charge on any atom is -0.241 e. The number of hydrogen-bond donors (Lipinski definition) is 1. The SMILES string of the molecule is Cc1cc(C)cc(S(=O)(=O)NCc2sc(-c3ccccc3)nc2C)c1. The van der Waals surface area contributed by atoms with Crippen molar-refractivity contribution in [2.75, 3.05) is 0 Å². The summed E-state index contributed by atoms with van der Waals surface area (Å²) in [5.74, 6) is 0. The number of nitrogens with zero attached hydrogens (tertiary/aromatic N) is 1. The molecular formula is C19H20N2O2S2. The van der Waals surface area contributed by atoms with E-state index in [0.717, 1.165) is 32.3 Å². The Morgan fingerprint density at radius 2 is 1.64 bits per heavy atom. The van der Waals surface area contributed by atoms with E-state index in [1.165, 1.54) is 11.3 Å². The minimum atomic E-state index is -3.55. The number of aryl methyl sites for hydroxylation is 3. The van der Waals surface area contributed by atoms with Crippen LogP contribution in [0.3, 0.4) is 0 Å². The first-order valence-corrected chi connectivity index (χ1v) is 10.2. The Morgan fingerprint density at radius 3 is 2.28 bits per heavy atom. The van der Waals surface area contributed by atoms with Crippen molar-refractivity contribution in [3.63, 3.8) is 0 Å². The molecule has 0 unspecified atom stereocenters. The molecule has 3 rings (SSSR count). The monoisotopic (exact) mass is 372 g/mol. The molecule has 0 radical (unpaired) electrons. The second-order valence-electron chi connectivity index (χ2n) is 6.04. The van der Waals surface area contributed by atoms with Crippen LogP contribution < -0.4 is 4.72 Å². The van der Waals surface area contributed by atoms with Crippen molar-refractivity contribution in [2.24, 2.45) is 0 Å². The fraction of sp³-hybridized carbons (Fsp3) is 0.211. The van der Waals surface area contributed by atoms with Crippen molar-refractivity contribution < 1.29 is 8.42 Å². The van der Waals surface area contributed by atoms with Crippen LogP contribution in [0.15, 0.2) is 53.4 Å². The van der Waals surface area contributed by atoms with Crippen LogP contribution in [0.5, 0.6) is 0 Å². The summed E-state index contributed by atoms with van der Waals surface area (Å²) in [6, 6.07) is 15.2. The van der Waals surface area contributed by atoms with Crippen LogP contribution in [0.2, 0.25) is 0 Å². The van der Waals surface area contributed by atoms with Crippen LogP contribution in [0.25, 0.3) is 10.6 Å². The highest BCUT2D eigenvalue weighted by Gasteiger charge is 2.17. The highest BCUT2D eigenvalue weighted by molar-refractivity contribution is 7.89. The Balaban J connectivity index is 1.80. The normalized spacial score (nSPS) is 11.6. The molecule has 1 N–H and O–H groups in total. The van der Waals surface area contributed by atoms with E-state index in [0.29, 0.717) is 4.90 Å². The summed E-state index contributed by atoms with van der Waals surface area (Å²) in [5, 5.41) is 0.902. The third-order valence-corrected chi connectivity index (χ3v) is 6.43. The lowest BCUT2D eigenvalue weighted by Crippen LogP contribution is -2.23. The van der Waals surface area contributed by atoms with Crippen molar-refractivity contribution in [2.45, 2.75) is 32.2 Å². The molecule has 1 heterocycles. The fourth-order valence-electron chi connectivity index (χ4n) is 2.63. The number of nitrogens with one attached hydrogen (secondary N) is 1. The van der Waals surface area contributed by atoms with E-state index in [9.17, 15) is 8.42 Å². The van der Waals surface area contributed by atoms with Gasteiger partial charge in [0, 0.05) is 17.0 Å². The van der Waals surface area contributed by atoms with Gasteiger partial charge in [0.25, 0.3) is 0 Å². The molecule has 0 amide bonds. The smallest absolute Gasteiger partial charge is 0.240 e. The number of rotatable bonds is 5. The zero-order valence-electron chi connectivity index (χ0n) is 14.4. The van der Waals surface area contributed by atoms with E-state index in [4.69, 9.17) is 0 Å². The molecule has 1 aromatic heterocycles. The number of thiazole rings is 1. The molecular weight excluding hydrogens is 352 g/mol. The largest absolute Gasteiger partial charge is 0.241 e. The molecule has 0 spiro atoms. The average Bonchev–Trinajstić information content (AvgIpc) is 2.94. The summed E-state index contributed by atoms with van der Waals surface area (Å²) in [6.45, 7) is 5.94. The van der Waals surface area contributed by atoms with Gasteiger partial charge in [-0.25, -0.2) is 18.1 Å². The van der Waals surface area contributed by atoms with Crippen LogP contribution >= 0.6 is 11.3 Å². The lowest BCUT2D eigenvalue weighted by molar-refractivity contribution is 0.581. The number of aromatic nitrogens is 1. The second kappa shape index (κ2) is 7.07. The third kappa shape index (κ3) is 4.15. The van der Waals surface area contributed by atoms with E-state index in [1.807, 2.05) is 57.2 Å². The maximum absolute atomic E-state index is 12.6. The second-order valence-corrected chi connectivity index (χ2v) is 8.89. The predicted octanol–water partition coefficient (Wildman–Crippen LogP) is 4.21. The number of sulfonamides is 1. The molecule has 0 aliphatic heterocycles. The van der Waals surface area contributed by atoms with Crippen LogP contribution in [-0.4, -0.2) is 13.4 Å². The molecule has 0 atom stereocenters. The number of benzene rings is 2. The molecule has 0 aliphatic rings. The van der Waals surface area contributed by atoms with Crippen molar-refractivity contribution in [3.05, 3.63) is 70.2 Å². The van der Waals surface area contributed by atoms with Crippen LogP contribution in [0.1, 0.15) is 21.7 Å². The van der Waals surface area contributed by atoms with Crippen LogP contribution in [0.4, 0.5) is 0 Å². The summed E-state index contributed by atoms with van der Waals surface area (Å²) in [7, 11) is -3.55. The Hall–Kier alpha value is -2.02. The number of hydrogen-bond acceptors (Lipinski definition) is 4. The van der Waals surface area contributed by atoms with E-state index in [2.05, 4.69) is 9.71 Å². The first-order chi connectivity index (χ1) is 11.8. The zero-order valence-corrected chi connectivity index (χ0v) is 16.0. The molecule has 6 heteroatoms. The van der Waals surface area contributed by atoms with Crippen molar-refractivity contribution in [1.82, 2.24) is 9.71 Å². The third-order valence-electron chi connectivity index (χ3n) is 3.84. The van der Waals surface area contributed by atoms with Gasteiger partial charge < -0.3 is 0 Å². The first kappa shape index (κ1) is 17.8. The van der Waals surface area contributed by atoms with Crippen molar-refractivity contribution >= 4 is 21.4 Å². The summed E-state index contributed by atoms with van der Waals surface area (Å²) < 4.78 is 27.8. The van der Waals surface area contributed by atoms with Crippen molar-refractivity contribution in [1.29, 1.82) is 0 Å². The molecule has 0 aliphatic carbocycles. The maximum atomic E-state index is 12.6. The molecule has 0 fully saturated rings. The summed E-state index contributed by atoms with van der Waals surface area (Å²) in [4.78, 5) is 5.79. The molecule has 3 aromatic rings. The van der Waals surface area contributed by atoms with E-state index in [1.54, 1.807) is 12.1 Å². The Morgan fingerprint density at radius 1 is 1.00 bits per heavy atom. The molecule has 0 saturated carbocycles. The summed E-state index contributed by atoms with van der Waals surface area (Å²) >= 11 is 1.52. The molecule has 130 valence electrons. The van der Waals surface area contributed by atoms with Gasteiger partial charge in [-0.2, -0.15) is 0 Å². The van der Waals surface area contributed by atoms with Gasteiger partial charge in [0.15, 0.2) is 0 Å². The van der Waals surface area contributed by atoms with Gasteiger partial charge in [0.05, 0.1) is 10.6 Å². The van der Waals surface area contributed by atoms with Crippen LogP contribution in [-0.2, 0) is 16.6 Å². The molecule has 0 saturated heterocycles. The van der Waals surface area contributed by atoms with Gasteiger partial charge >= 0.3 is 0 Å². The molecule has 2 aromatic carbocycles. The van der Waals surface area contributed by atoms with Gasteiger partial charge in [-0.1, -0.05) is 36.4 Å². The summed E-state index contributed by atoms with van der Waals surface area (Å²) in [6.07, 6.45) is 0. The standard InChI is InChI=1S/C19H20N2O2S2/c1-13-9-14(2)11-17(10-13)25(22,23)20-12-18-15(3)21-19(24-18)16-7-5-4-6-8-16/h4-11,20H,12H2,1-3H3. The molecule has 4 nitrogen and oxygen atoms in total. The fourth-order valence-corrected chi connectivity index (χ4v) is 4.91. The first-order valence-electron chi connectivity index (χ1n) is 7.95. The van der Waals surface area contributed by atoms with Crippen molar-refractivity contribution in [3.8, 4) is 10.6 Å². The van der Waals surface area contributed by atoms with Crippen LogP contribution in [0, 0.1) is 20.8 Å². The Kier molecular flexibility index (Phi) is 5.03. The average molecular weight is 373 g/mol. The summed E-state index contributed by atoms with van der Waals surface area (Å²) in [5.41, 5.74) is 3.76. The molecule has 0 bridgehead atoms. The highest BCUT2D eigenvalue weighted by Crippen LogP contribution is 2.28. The van der Waals surface area contributed by atoms with Gasteiger partial charge in [0.1, 0.15) is 5.01 Å². The van der Waals surface area contributed by atoms with Gasteiger partial charge in [0.2, 0.25) is 10.0 Å². The zero-order chi connectivity index (χ0) is 18.0. The Labute approximate surface area is 152 Å². The van der Waals surface area contributed by atoms with Gasteiger partial charge in [-0.15, -0.1) is 11.3 Å². The van der Waals surface area contributed by atoms with E-state index < -0.39 is 10.0 Å². The topological polar surface area (TPSA) is 59.1 Å². The predicted molar refractivity (Wildman–Crippen MR) is 102 cm³/mol. The quantitative estimate of drug-likeness (QED) is 0.730. The van der Waals surface area contributed by atoms with Gasteiger partial charge in [-0.05, 0) is 44.0 Å². The minimum absolute atomic E-state index is 0.242. The Bertz CT molecular complexity index is 973.